The van der Waals surface area contributed by atoms with Crippen LogP contribution in [-0.4, -0.2) is 24.1 Å². The number of carbonyl (C=O) groups is 2. The standard InChI is InChI=1S/C22H20N2O4S/c1-11-17(12-5-7-15(28-2)8-6-12)16(10-23)21(29-11)24-20(25)18-13-3-4-14(9-13)19(18)22(26)27/h3-8,13-14,18-19H,9H2,1-2H3,(H,24,25)(H,26,27). The lowest BCUT2D eigenvalue weighted by Crippen LogP contribution is -2.36. The minimum atomic E-state index is -0.941. The number of rotatable bonds is 5. The number of aliphatic carboxylic acids is 1. The van der Waals surface area contributed by atoms with Crippen LogP contribution in [0.3, 0.4) is 0 Å². The van der Waals surface area contributed by atoms with E-state index < -0.39 is 17.8 Å². The van der Waals surface area contributed by atoms with Gasteiger partial charge in [-0.15, -0.1) is 11.3 Å². The number of fused-ring (bicyclic) bond motifs is 2. The Morgan fingerprint density at radius 3 is 2.45 bits per heavy atom. The van der Waals surface area contributed by atoms with Gasteiger partial charge in [-0.1, -0.05) is 24.3 Å². The zero-order valence-corrected chi connectivity index (χ0v) is 16.8. The molecule has 148 valence electrons. The van der Waals surface area contributed by atoms with Crippen LogP contribution in [-0.2, 0) is 9.59 Å². The van der Waals surface area contributed by atoms with E-state index in [-0.39, 0.29) is 17.7 Å². The Balaban J connectivity index is 1.64. The molecule has 29 heavy (non-hydrogen) atoms. The largest absolute Gasteiger partial charge is 0.497 e. The van der Waals surface area contributed by atoms with E-state index in [1.54, 1.807) is 7.11 Å². The van der Waals surface area contributed by atoms with Gasteiger partial charge in [-0.2, -0.15) is 5.26 Å². The molecule has 0 radical (unpaired) electrons. The quantitative estimate of drug-likeness (QED) is 0.727. The smallest absolute Gasteiger partial charge is 0.307 e. The molecule has 7 heteroatoms. The Morgan fingerprint density at radius 2 is 1.86 bits per heavy atom. The van der Waals surface area contributed by atoms with E-state index in [2.05, 4.69) is 11.4 Å². The van der Waals surface area contributed by atoms with Gasteiger partial charge in [-0.3, -0.25) is 9.59 Å². The average Bonchev–Trinajstić information content (AvgIpc) is 3.40. The predicted molar refractivity (Wildman–Crippen MR) is 110 cm³/mol. The molecule has 4 rings (SSSR count). The van der Waals surface area contributed by atoms with Crippen LogP contribution in [0.2, 0.25) is 0 Å². The van der Waals surface area contributed by atoms with Crippen molar-refractivity contribution in [2.45, 2.75) is 13.3 Å². The second-order valence-electron chi connectivity index (χ2n) is 7.41. The molecule has 2 aliphatic rings. The number of nitrogens with one attached hydrogen (secondary N) is 1. The minimum Gasteiger partial charge on any atom is -0.497 e. The lowest BCUT2D eigenvalue weighted by molar-refractivity contribution is -0.146. The van der Waals surface area contributed by atoms with Gasteiger partial charge in [0.05, 0.1) is 24.5 Å². The molecule has 2 bridgehead atoms. The van der Waals surface area contributed by atoms with E-state index in [1.165, 1.54) is 11.3 Å². The molecule has 2 aromatic rings. The molecule has 0 spiro atoms. The average molecular weight is 408 g/mol. The number of nitrogens with zero attached hydrogens (tertiary/aromatic N) is 1. The molecule has 2 N–H and O–H groups in total. The molecule has 1 aromatic carbocycles. The van der Waals surface area contributed by atoms with Gasteiger partial charge in [0.1, 0.15) is 16.8 Å². The van der Waals surface area contributed by atoms with Crippen LogP contribution in [0.25, 0.3) is 11.1 Å². The van der Waals surface area contributed by atoms with E-state index in [9.17, 15) is 20.0 Å². The van der Waals surface area contributed by atoms with Crippen molar-refractivity contribution in [3.05, 3.63) is 46.9 Å². The van der Waals surface area contributed by atoms with Gasteiger partial charge in [-0.05, 0) is 42.9 Å². The third-order valence-electron chi connectivity index (χ3n) is 5.86. The van der Waals surface area contributed by atoms with Crippen LogP contribution in [0.15, 0.2) is 36.4 Å². The summed E-state index contributed by atoms with van der Waals surface area (Å²) in [7, 11) is 1.59. The number of carbonyl (C=O) groups excluding carboxylic acids is 1. The third kappa shape index (κ3) is 3.19. The summed E-state index contributed by atoms with van der Waals surface area (Å²) in [4.78, 5) is 25.6. The third-order valence-corrected chi connectivity index (χ3v) is 6.88. The fourth-order valence-electron chi connectivity index (χ4n) is 4.56. The summed E-state index contributed by atoms with van der Waals surface area (Å²) in [5, 5.41) is 22.7. The molecule has 1 saturated carbocycles. The van der Waals surface area contributed by atoms with Gasteiger partial charge in [0, 0.05) is 10.4 Å². The van der Waals surface area contributed by atoms with Crippen LogP contribution in [0.5, 0.6) is 5.75 Å². The molecule has 0 aliphatic heterocycles. The highest BCUT2D eigenvalue weighted by Gasteiger charge is 2.51. The summed E-state index contributed by atoms with van der Waals surface area (Å²) >= 11 is 1.34. The van der Waals surface area contributed by atoms with E-state index in [0.717, 1.165) is 21.8 Å². The number of aryl methyl sites for hydroxylation is 1. The van der Waals surface area contributed by atoms with Crippen LogP contribution >= 0.6 is 11.3 Å². The number of ether oxygens (including phenoxy) is 1. The van der Waals surface area contributed by atoms with Crippen molar-refractivity contribution in [2.24, 2.45) is 23.7 Å². The number of carboxylic acid groups (broad SMARTS) is 1. The second kappa shape index (κ2) is 7.37. The number of benzene rings is 1. The van der Waals surface area contributed by atoms with Gasteiger partial charge in [0.15, 0.2) is 0 Å². The van der Waals surface area contributed by atoms with Gasteiger partial charge in [-0.25, -0.2) is 0 Å². The molecular weight excluding hydrogens is 388 g/mol. The Morgan fingerprint density at radius 1 is 1.21 bits per heavy atom. The lowest BCUT2D eigenvalue weighted by Gasteiger charge is -2.23. The van der Waals surface area contributed by atoms with Crippen molar-refractivity contribution >= 4 is 28.2 Å². The highest BCUT2D eigenvalue weighted by Crippen LogP contribution is 2.49. The Labute approximate surface area is 172 Å². The van der Waals surface area contributed by atoms with Crippen molar-refractivity contribution < 1.29 is 19.4 Å². The molecule has 1 aromatic heterocycles. The first-order valence-corrected chi connectivity index (χ1v) is 10.2. The predicted octanol–water partition coefficient (Wildman–Crippen LogP) is 4.07. The number of allylic oxidation sites excluding steroid dienone is 2. The Bertz CT molecular complexity index is 1050. The maximum absolute atomic E-state index is 13.0. The fraction of sp³-hybridized carbons (Fsp3) is 0.318. The van der Waals surface area contributed by atoms with Gasteiger partial charge in [0.25, 0.3) is 0 Å². The van der Waals surface area contributed by atoms with Crippen LogP contribution in [0, 0.1) is 41.9 Å². The van der Waals surface area contributed by atoms with Crippen molar-refractivity contribution in [1.82, 2.24) is 0 Å². The maximum Gasteiger partial charge on any atom is 0.307 e. The Hall–Kier alpha value is -3.11. The van der Waals surface area contributed by atoms with E-state index in [0.29, 0.717) is 17.0 Å². The number of methoxy groups -OCH3 is 1. The van der Waals surface area contributed by atoms with E-state index >= 15 is 0 Å². The van der Waals surface area contributed by atoms with E-state index in [4.69, 9.17) is 4.74 Å². The summed E-state index contributed by atoms with van der Waals surface area (Å²) in [6.07, 6.45) is 4.55. The number of nitriles is 1. The summed E-state index contributed by atoms with van der Waals surface area (Å²) in [5.41, 5.74) is 2.04. The number of thiophene rings is 1. The van der Waals surface area contributed by atoms with Crippen molar-refractivity contribution in [3.63, 3.8) is 0 Å². The van der Waals surface area contributed by atoms with Crippen molar-refractivity contribution in [3.8, 4) is 22.9 Å². The number of hydrogen-bond donors (Lipinski definition) is 2. The monoisotopic (exact) mass is 408 g/mol. The summed E-state index contributed by atoms with van der Waals surface area (Å²) in [5.74, 6) is -2.02. The zero-order valence-electron chi connectivity index (χ0n) is 16.0. The first-order chi connectivity index (χ1) is 13.9. The fourth-order valence-corrected chi connectivity index (χ4v) is 5.59. The van der Waals surface area contributed by atoms with Crippen LogP contribution in [0.1, 0.15) is 16.9 Å². The van der Waals surface area contributed by atoms with Gasteiger partial charge in [0.2, 0.25) is 5.91 Å². The molecule has 2 aliphatic carbocycles. The van der Waals surface area contributed by atoms with Crippen molar-refractivity contribution in [1.29, 1.82) is 5.26 Å². The number of carboxylic acids is 1. The lowest BCUT2D eigenvalue weighted by atomic mass is 9.82. The molecule has 1 amide bonds. The normalized spacial score (nSPS) is 24.3. The first kappa shape index (κ1) is 19.2. The molecule has 1 heterocycles. The Kier molecular flexibility index (Phi) is 4.89. The summed E-state index contributed by atoms with van der Waals surface area (Å²) in [6.45, 7) is 1.90. The first-order valence-electron chi connectivity index (χ1n) is 9.34. The molecule has 4 unspecified atom stereocenters. The van der Waals surface area contributed by atoms with E-state index in [1.807, 2.05) is 43.3 Å². The van der Waals surface area contributed by atoms with Gasteiger partial charge >= 0.3 is 5.97 Å². The number of hydrogen-bond acceptors (Lipinski definition) is 5. The van der Waals surface area contributed by atoms with Crippen LogP contribution in [0.4, 0.5) is 5.00 Å². The van der Waals surface area contributed by atoms with Crippen LogP contribution < -0.4 is 10.1 Å². The molecule has 4 atom stereocenters. The number of anilines is 1. The zero-order chi connectivity index (χ0) is 20.7. The highest BCUT2D eigenvalue weighted by atomic mass is 32.1. The molecular formula is C22H20N2O4S. The minimum absolute atomic E-state index is 0.0613. The van der Waals surface area contributed by atoms with Crippen molar-refractivity contribution in [2.75, 3.05) is 12.4 Å². The molecule has 0 saturated heterocycles. The molecule has 6 nitrogen and oxygen atoms in total. The SMILES string of the molecule is COc1ccc(-c2c(C)sc(NC(=O)C3C4C=CC(C4)C3C(=O)O)c2C#N)cc1. The second-order valence-corrected chi connectivity index (χ2v) is 8.63. The molecule has 1 fully saturated rings. The summed E-state index contributed by atoms with van der Waals surface area (Å²) in [6, 6.07) is 9.61. The topological polar surface area (TPSA) is 99.4 Å². The maximum atomic E-state index is 13.0. The highest BCUT2D eigenvalue weighted by molar-refractivity contribution is 7.17. The summed E-state index contributed by atoms with van der Waals surface area (Å²) < 4.78 is 5.19. The number of amides is 1. The van der Waals surface area contributed by atoms with Gasteiger partial charge < -0.3 is 15.2 Å².